The fourth-order valence-corrected chi connectivity index (χ4v) is 2.94. The molecule has 2 atom stereocenters. The molecular formula is C17H24N2O4. The zero-order valence-electron chi connectivity index (χ0n) is 13.4. The largest absolute Gasteiger partial charge is 0.385 e. The number of benzene rings is 1. The van der Waals surface area contributed by atoms with E-state index >= 15 is 0 Å². The maximum atomic E-state index is 11.7. The average molecular weight is 320 g/mol. The summed E-state index contributed by atoms with van der Waals surface area (Å²) in [6.07, 6.45) is 1.51. The van der Waals surface area contributed by atoms with E-state index in [1.54, 1.807) is 7.11 Å². The Balaban J connectivity index is 2.02. The first-order valence-electron chi connectivity index (χ1n) is 7.87. The van der Waals surface area contributed by atoms with Crippen LogP contribution in [-0.2, 0) is 19.1 Å². The fourth-order valence-electron chi connectivity index (χ4n) is 2.94. The van der Waals surface area contributed by atoms with Crippen LogP contribution in [0.3, 0.4) is 0 Å². The molecule has 6 heteroatoms. The van der Waals surface area contributed by atoms with E-state index in [2.05, 4.69) is 0 Å². The van der Waals surface area contributed by atoms with Crippen molar-refractivity contribution in [2.75, 3.05) is 33.4 Å². The maximum Gasteiger partial charge on any atom is 0.311 e. The smallest absolute Gasteiger partial charge is 0.311 e. The van der Waals surface area contributed by atoms with Crippen LogP contribution in [0.5, 0.6) is 0 Å². The van der Waals surface area contributed by atoms with Gasteiger partial charge in [0.15, 0.2) is 0 Å². The standard InChI is InChI=1S/C17H24N2O4/c1-22-10-5-11-23-15(13-6-3-2-4-7-13)14-8-9-19(12-14)17(21)16(18)20/h2-4,6-7,14-15H,5,8-12H2,1H3,(H2,18,20). The molecule has 0 aliphatic carbocycles. The summed E-state index contributed by atoms with van der Waals surface area (Å²) in [4.78, 5) is 24.3. The summed E-state index contributed by atoms with van der Waals surface area (Å²) in [6, 6.07) is 9.96. The van der Waals surface area contributed by atoms with Gasteiger partial charge in [-0.1, -0.05) is 30.3 Å². The third kappa shape index (κ3) is 4.77. The molecular weight excluding hydrogens is 296 g/mol. The van der Waals surface area contributed by atoms with Gasteiger partial charge in [-0.3, -0.25) is 9.59 Å². The average Bonchev–Trinajstić information content (AvgIpc) is 3.04. The number of hydrogen-bond acceptors (Lipinski definition) is 4. The molecule has 126 valence electrons. The van der Waals surface area contributed by atoms with Crippen molar-refractivity contribution in [2.45, 2.75) is 18.9 Å². The molecule has 1 aliphatic rings. The monoisotopic (exact) mass is 320 g/mol. The first kappa shape index (κ1) is 17.4. The zero-order valence-corrected chi connectivity index (χ0v) is 13.4. The summed E-state index contributed by atoms with van der Waals surface area (Å²) in [5, 5.41) is 0. The van der Waals surface area contributed by atoms with Crippen molar-refractivity contribution in [3.8, 4) is 0 Å². The molecule has 1 fully saturated rings. The first-order chi connectivity index (χ1) is 11.1. The van der Waals surface area contributed by atoms with Gasteiger partial charge in [-0.05, 0) is 18.4 Å². The van der Waals surface area contributed by atoms with Crippen molar-refractivity contribution in [1.82, 2.24) is 4.90 Å². The van der Waals surface area contributed by atoms with Gasteiger partial charge in [0.2, 0.25) is 0 Å². The van der Waals surface area contributed by atoms with Gasteiger partial charge in [0.1, 0.15) is 0 Å². The highest BCUT2D eigenvalue weighted by Gasteiger charge is 2.34. The van der Waals surface area contributed by atoms with E-state index in [0.717, 1.165) is 18.4 Å². The van der Waals surface area contributed by atoms with Crippen molar-refractivity contribution in [2.24, 2.45) is 11.7 Å². The van der Waals surface area contributed by atoms with Crippen molar-refractivity contribution in [3.63, 3.8) is 0 Å². The van der Waals surface area contributed by atoms with Gasteiger partial charge in [0.25, 0.3) is 0 Å². The first-order valence-corrected chi connectivity index (χ1v) is 7.87. The number of rotatable bonds is 7. The van der Waals surface area contributed by atoms with E-state index in [1.165, 1.54) is 4.90 Å². The molecule has 0 saturated carbocycles. The molecule has 23 heavy (non-hydrogen) atoms. The Kier molecular flexibility index (Phi) is 6.55. The third-order valence-corrected chi connectivity index (χ3v) is 4.07. The molecule has 1 aromatic carbocycles. The van der Waals surface area contributed by atoms with E-state index in [0.29, 0.717) is 26.3 Å². The maximum absolute atomic E-state index is 11.7. The molecule has 6 nitrogen and oxygen atoms in total. The molecule has 2 unspecified atom stereocenters. The fraction of sp³-hybridized carbons (Fsp3) is 0.529. The lowest BCUT2D eigenvalue weighted by molar-refractivity contribution is -0.143. The number of primary amides is 1. The van der Waals surface area contributed by atoms with Crippen LogP contribution in [0.15, 0.2) is 30.3 Å². The highest BCUT2D eigenvalue weighted by molar-refractivity contribution is 6.34. The van der Waals surface area contributed by atoms with Crippen LogP contribution in [-0.4, -0.2) is 50.1 Å². The molecule has 2 amide bonds. The lowest BCUT2D eigenvalue weighted by atomic mass is 9.95. The van der Waals surface area contributed by atoms with Crippen LogP contribution in [0.2, 0.25) is 0 Å². The van der Waals surface area contributed by atoms with Crippen LogP contribution in [0, 0.1) is 5.92 Å². The second kappa shape index (κ2) is 8.64. The van der Waals surface area contributed by atoms with E-state index in [9.17, 15) is 9.59 Å². The molecule has 0 bridgehead atoms. The number of nitrogens with zero attached hydrogens (tertiary/aromatic N) is 1. The Morgan fingerprint density at radius 1 is 1.30 bits per heavy atom. The highest BCUT2D eigenvalue weighted by Crippen LogP contribution is 2.33. The molecule has 0 aromatic heterocycles. The Morgan fingerprint density at radius 2 is 2.04 bits per heavy atom. The molecule has 2 N–H and O–H groups in total. The second-order valence-corrected chi connectivity index (χ2v) is 5.71. The topological polar surface area (TPSA) is 81.9 Å². The Morgan fingerprint density at radius 3 is 2.70 bits per heavy atom. The van der Waals surface area contributed by atoms with Gasteiger partial charge < -0.3 is 20.1 Å². The minimum absolute atomic E-state index is 0.0984. The number of methoxy groups -OCH3 is 1. The summed E-state index contributed by atoms with van der Waals surface area (Å²) < 4.78 is 11.1. The van der Waals surface area contributed by atoms with Crippen LogP contribution in [0.4, 0.5) is 0 Å². The molecule has 1 saturated heterocycles. The van der Waals surface area contributed by atoms with E-state index in [1.807, 2.05) is 30.3 Å². The Hall–Kier alpha value is -1.92. The summed E-state index contributed by atoms with van der Waals surface area (Å²) in [5.41, 5.74) is 6.17. The molecule has 0 radical (unpaired) electrons. The number of nitrogens with two attached hydrogens (primary N) is 1. The summed E-state index contributed by atoms with van der Waals surface area (Å²) >= 11 is 0. The quantitative estimate of drug-likeness (QED) is 0.603. The Labute approximate surface area is 136 Å². The van der Waals surface area contributed by atoms with Crippen molar-refractivity contribution >= 4 is 11.8 Å². The van der Waals surface area contributed by atoms with Gasteiger partial charge in [-0.25, -0.2) is 0 Å². The van der Waals surface area contributed by atoms with Gasteiger partial charge >= 0.3 is 11.8 Å². The van der Waals surface area contributed by atoms with Gasteiger partial charge in [0.05, 0.1) is 6.10 Å². The van der Waals surface area contributed by atoms with E-state index in [-0.39, 0.29) is 12.0 Å². The lowest BCUT2D eigenvalue weighted by Gasteiger charge is -2.25. The molecule has 1 heterocycles. The number of carbonyl (C=O) groups excluding carboxylic acids is 2. The SMILES string of the molecule is COCCCOC(c1ccccc1)C1CCN(C(=O)C(N)=O)C1. The normalized spacial score (nSPS) is 18.8. The summed E-state index contributed by atoms with van der Waals surface area (Å²) in [5.74, 6) is -1.36. The number of carbonyl (C=O) groups is 2. The molecule has 1 aliphatic heterocycles. The lowest BCUT2D eigenvalue weighted by Crippen LogP contribution is -2.39. The predicted octanol–water partition coefficient (Wildman–Crippen LogP) is 1.11. The Bertz CT molecular complexity index is 521. The van der Waals surface area contributed by atoms with E-state index in [4.69, 9.17) is 15.2 Å². The van der Waals surface area contributed by atoms with E-state index < -0.39 is 11.8 Å². The second-order valence-electron chi connectivity index (χ2n) is 5.71. The van der Waals surface area contributed by atoms with Crippen LogP contribution in [0.1, 0.15) is 24.5 Å². The third-order valence-electron chi connectivity index (χ3n) is 4.07. The van der Waals surface area contributed by atoms with Crippen molar-refractivity contribution in [3.05, 3.63) is 35.9 Å². The number of amides is 2. The van der Waals surface area contributed by atoms with Crippen molar-refractivity contribution in [1.29, 1.82) is 0 Å². The zero-order chi connectivity index (χ0) is 16.7. The minimum atomic E-state index is -0.900. The summed E-state index contributed by atoms with van der Waals surface area (Å²) in [6.45, 7) is 2.27. The number of likely N-dealkylation sites (tertiary alicyclic amines) is 1. The van der Waals surface area contributed by atoms with Gasteiger partial charge in [-0.15, -0.1) is 0 Å². The number of ether oxygens (including phenoxy) is 2. The molecule has 1 aromatic rings. The minimum Gasteiger partial charge on any atom is -0.385 e. The number of hydrogen-bond donors (Lipinski definition) is 1. The van der Waals surface area contributed by atoms with Crippen molar-refractivity contribution < 1.29 is 19.1 Å². The van der Waals surface area contributed by atoms with Gasteiger partial charge in [0, 0.05) is 39.3 Å². The van der Waals surface area contributed by atoms with Crippen LogP contribution < -0.4 is 5.73 Å². The highest BCUT2D eigenvalue weighted by atomic mass is 16.5. The molecule has 2 rings (SSSR count). The van der Waals surface area contributed by atoms with Crippen LogP contribution in [0.25, 0.3) is 0 Å². The van der Waals surface area contributed by atoms with Gasteiger partial charge in [-0.2, -0.15) is 0 Å². The van der Waals surface area contributed by atoms with Crippen LogP contribution >= 0.6 is 0 Å². The molecule has 0 spiro atoms. The predicted molar refractivity (Wildman–Crippen MR) is 85.5 cm³/mol. The summed E-state index contributed by atoms with van der Waals surface area (Å²) in [7, 11) is 1.67.